The Hall–Kier alpha value is -2.12. The maximum Gasteiger partial charge on any atom is 0.320 e. The lowest BCUT2D eigenvalue weighted by molar-refractivity contribution is -0.141. The highest BCUT2D eigenvalue weighted by atomic mass is 16.5. The number of para-hydroxylation sites is 1. The molecule has 0 aromatic heterocycles. The summed E-state index contributed by atoms with van der Waals surface area (Å²) in [7, 11) is 1.75. The SMILES string of the molecule is CCOCCOc1ccccc1C(=O)N[C@H]1C[C@@H](C(=O)O)N(C)C1. The van der Waals surface area contributed by atoms with Crippen LogP contribution in [0.25, 0.3) is 0 Å². The largest absolute Gasteiger partial charge is 0.490 e. The Kier molecular flexibility index (Phi) is 6.57. The van der Waals surface area contributed by atoms with Crippen molar-refractivity contribution in [1.82, 2.24) is 10.2 Å². The third kappa shape index (κ3) is 4.69. The molecule has 2 atom stereocenters. The van der Waals surface area contributed by atoms with E-state index in [1.807, 2.05) is 6.92 Å². The number of nitrogens with one attached hydrogen (secondary N) is 1. The lowest BCUT2D eigenvalue weighted by Crippen LogP contribution is -2.36. The van der Waals surface area contributed by atoms with Gasteiger partial charge in [0, 0.05) is 19.2 Å². The summed E-state index contributed by atoms with van der Waals surface area (Å²) in [6.07, 6.45) is 0.394. The van der Waals surface area contributed by atoms with Crippen LogP contribution in [-0.4, -0.2) is 67.4 Å². The molecule has 0 saturated carbocycles. The summed E-state index contributed by atoms with van der Waals surface area (Å²) in [6.45, 7) is 3.86. The number of carbonyl (C=O) groups is 2. The van der Waals surface area contributed by atoms with E-state index in [1.54, 1.807) is 36.2 Å². The first-order valence-electron chi connectivity index (χ1n) is 8.06. The van der Waals surface area contributed by atoms with Crippen molar-refractivity contribution in [2.45, 2.75) is 25.4 Å². The standard InChI is InChI=1S/C17H24N2O5/c1-3-23-8-9-24-15-7-5-4-6-13(15)16(20)18-12-10-14(17(21)22)19(2)11-12/h4-7,12,14H,3,8-11H2,1-2H3,(H,18,20)(H,21,22)/t12-,14-/m0/s1. The molecule has 1 aliphatic heterocycles. The summed E-state index contributed by atoms with van der Waals surface area (Å²) < 4.78 is 10.8. The minimum Gasteiger partial charge on any atom is -0.490 e. The van der Waals surface area contributed by atoms with Crippen LogP contribution in [0.2, 0.25) is 0 Å². The van der Waals surface area contributed by atoms with E-state index in [2.05, 4.69) is 5.32 Å². The first-order chi connectivity index (χ1) is 11.5. The Balaban J connectivity index is 1.96. The van der Waals surface area contributed by atoms with Crippen molar-refractivity contribution in [1.29, 1.82) is 0 Å². The topological polar surface area (TPSA) is 88.1 Å². The van der Waals surface area contributed by atoms with E-state index in [4.69, 9.17) is 14.6 Å². The third-order valence-corrected chi connectivity index (χ3v) is 3.99. The number of likely N-dealkylation sites (N-methyl/N-ethyl adjacent to an activating group) is 1. The van der Waals surface area contributed by atoms with Crippen molar-refractivity contribution < 1.29 is 24.2 Å². The summed E-state index contributed by atoms with van der Waals surface area (Å²) >= 11 is 0. The van der Waals surface area contributed by atoms with Gasteiger partial charge >= 0.3 is 5.97 Å². The number of likely N-dealkylation sites (tertiary alicyclic amines) is 1. The predicted octanol–water partition coefficient (Wildman–Crippen LogP) is 0.989. The van der Waals surface area contributed by atoms with Crippen LogP contribution < -0.4 is 10.1 Å². The van der Waals surface area contributed by atoms with Crippen LogP contribution >= 0.6 is 0 Å². The Morgan fingerprint density at radius 3 is 2.75 bits per heavy atom. The number of amides is 1. The van der Waals surface area contributed by atoms with Crippen molar-refractivity contribution in [2.24, 2.45) is 0 Å². The lowest BCUT2D eigenvalue weighted by atomic mass is 10.1. The van der Waals surface area contributed by atoms with Crippen molar-refractivity contribution in [2.75, 3.05) is 33.4 Å². The van der Waals surface area contributed by atoms with Crippen LogP contribution in [0, 0.1) is 0 Å². The van der Waals surface area contributed by atoms with E-state index in [9.17, 15) is 9.59 Å². The summed E-state index contributed by atoms with van der Waals surface area (Å²) in [5.74, 6) is -0.629. The van der Waals surface area contributed by atoms with Gasteiger partial charge < -0.3 is 19.9 Å². The van der Waals surface area contributed by atoms with Crippen LogP contribution in [0.3, 0.4) is 0 Å². The average molecular weight is 336 g/mol. The molecule has 0 unspecified atom stereocenters. The highest BCUT2D eigenvalue weighted by Gasteiger charge is 2.35. The van der Waals surface area contributed by atoms with Crippen LogP contribution in [0.5, 0.6) is 5.75 Å². The monoisotopic (exact) mass is 336 g/mol. The number of hydrogen-bond acceptors (Lipinski definition) is 5. The molecule has 1 aromatic rings. The fraction of sp³-hybridized carbons (Fsp3) is 0.529. The van der Waals surface area contributed by atoms with E-state index in [0.29, 0.717) is 44.1 Å². The predicted molar refractivity (Wildman–Crippen MR) is 88.4 cm³/mol. The zero-order valence-electron chi connectivity index (χ0n) is 14.0. The molecule has 132 valence electrons. The van der Waals surface area contributed by atoms with Gasteiger partial charge in [0.25, 0.3) is 5.91 Å². The number of carbonyl (C=O) groups excluding carboxylic acids is 1. The van der Waals surface area contributed by atoms with Gasteiger partial charge in [-0.25, -0.2) is 0 Å². The second kappa shape index (κ2) is 8.65. The number of carboxylic acid groups (broad SMARTS) is 1. The molecule has 0 aliphatic carbocycles. The highest BCUT2D eigenvalue weighted by molar-refractivity contribution is 5.97. The molecule has 1 amide bonds. The van der Waals surface area contributed by atoms with Crippen molar-refractivity contribution in [3.8, 4) is 5.75 Å². The molecule has 1 saturated heterocycles. The molecule has 7 nitrogen and oxygen atoms in total. The number of carboxylic acids is 1. The van der Waals surface area contributed by atoms with Crippen LogP contribution in [-0.2, 0) is 9.53 Å². The van der Waals surface area contributed by atoms with Gasteiger partial charge in [0.15, 0.2) is 0 Å². The minimum absolute atomic E-state index is 0.194. The van der Waals surface area contributed by atoms with Gasteiger partial charge in [-0.1, -0.05) is 12.1 Å². The maximum atomic E-state index is 12.5. The molecular formula is C17H24N2O5. The summed E-state index contributed by atoms with van der Waals surface area (Å²) in [6, 6.07) is 6.25. The van der Waals surface area contributed by atoms with Gasteiger partial charge in [0.1, 0.15) is 18.4 Å². The second-order valence-corrected chi connectivity index (χ2v) is 5.74. The Labute approximate surface area is 141 Å². The van der Waals surface area contributed by atoms with Gasteiger partial charge in [-0.15, -0.1) is 0 Å². The summed E-state index contributed by atoms with van der Waals surface area (Å²) in [5, 5.41) is 12.0. The molecule has 1 fully saturated rings. The Morgan fingerprint density at radius 1 is 1.33 bits per heavy atom. The van der Waals surface area contributed by atoms with Crippen molar-refractivity contribution in [3.63, 3.8) is 0 Å². The molecule has 1 heterocycles. The first kappa shape index (κ1) is 18.2. The highest BCUT2D eigenvalue weighted by Crippen LogP contribution is 2.20. The first-order valence-corrected chi connectivity index (χ1v) is 8.06. The van der Waals surface area contributed by atoms with Gasteiger partial charge in [-0.3, -0.25) is 14.5 Å². The summed E-state index contributed by atoms with van der Waals surface area (Å²) in [4.78, 5) is 25.4. The lowest BCUT2D eigenvalue weighted by Gasteiger charge is -2.15. The van der Waals surface area contributed by atoms with E-state index >= 15 is 0 Å². The average Bonchev–Trinajstić information content (AvgIpc) is 2.92. The molecule has 1 aromatic carbocycles. The number of nitrogens with zero attached hydrogens (tertiary/aromatic N) is 1. The molecular weight excluding hydrogens is 312 g/mol. The van der Waals surface area contributed by atoms with Crippen molar-refractivity contribution >= 4 is 11.9 Å². The molecule has 24 heavy (non-hydrogen) atoms. The van der Waals surface area contributed by atoms with Crippen molar-refractivity contribution in [3.05, 3.63) is 29.8 Å². The summed E-state index contributed by atoms with van der Waals surface area (Å²) in [5.41, 5.74) is 0.440. The van der Waals surface area contributed by atoms with Gasteiger partial charge in [0.2, 0.25) is 0 Å². The van der Waals surface area contributed by atoms with E-state index in [0.717, 1.165) is 0 Å². The molecule has 0 spiro atoms. The van der Waals surface area contributed by atoms with E-state index in [1.165, 1.54) is 0 Å². The normalized spacial score (nSPS) is 20.8. The second-order valence-electron chi connectivity index (χ2n) is 5.74. The minimum atomic E-state index is -0.867. The van der Waals surface area contributed by atoms with E-state index in [-0.39, 0.29) is 11.9 Å². The van der Waals surface area contributed by atoms with E-state index < -0.39 is 12.0 Å². The number of ether oxygens (including phenoxy) is 2. The fourth-order valence-corrected chi connectivity index (χ4v) is 2.79. The number of aliphatic carboxylic acids is 1. The van der Waals surface area contributed by atoms with Gasteiger partial charge in [-0.05, 0) is 32.5 Å². The quantitative estimate of drug-likeness (QED) is 0.688. The molecule has 2 N–H and O–H groups in total. The van der Waals surface area contributed by atoms with Gasteiger partial charge in [-0.2, -0.15) is 0 Å². The number of benzene rings is 1. The van der Waals surface area contributed by atoms with Crippen LogP contribution in [0.1, 0.15) is 23.7 Å². The molecule has 1 aliphatic rings. The molecule has 2 rings (SSSR count). The number of rotatable bonds is 8. The number of hydrogen-bond donors (Lipinski definition) is 2. The third-order valence-electron chi connectivity index (χ3n) is 3.99. The molecule has 0 bridgehead atoms. The zero-order chi connectivity index (χ0) is 17.5. The smallest absolute Gasteiger partial charge is 0.320 e. The fourth-order valence-electron chi connectivity index (χ4n) is 2.79. The molecule has 7 heteroatoms. The Bertz CT molecular complexity index is 578. The van der Waals surface area contributed by atoms with Crippen LogP contribution in [0.4, 0.5) is 0 Å². The maximum absolute atomic E-state index is 12.5. The zero-order valence-corrected chi connectivity index (χ0v) is 14.0. The molecule has 0 radical (unpaired) electrons. The Morgan fingerprint density at radius 2 is 2.08 bits per heavy atom. The van der Waals surface area contributed by atoms with Crippen LogP contribution in [0.15, 0.2) is 24.3 Å². The van der Waals surface area contributed by atoms with Gasteiger partial charge in [0.05, 0.1) is 12.2 Å².